The van der Waals surface area contributed by atoms with Gasteiger partial charge in [0.05, 0.1) is 20.4 Å². The molecule has 0 radical (unpaired) electrons. The Labute approximate surface area is 106 Å². The lowest BCUT2D eigenvalue weighted by atomic mass is 10.1. The van der Waals surface area contributed by atoms with Gasteiger partial charge in [0, 0.05) is 24.6 Å². The van der Waals surface area contributed by atoms with E-state index in [0.717, 1.165) is 5.56 Å². The second-order valence-corrected chi connectivity index (χ2v) is 3.76. The highest BCUT2D eigenvalue weighted by molar-refractivity contribution is 5.61. The Morgan fingerprint density at radius 1 is 1.17 bits per heavy atom. The molecule has 0 fully saturated rings. The van der Waals surface area contributed by atoms with Crippen molar-refractivity contribution in [3.8, 4) is 22.8 Å². The fraction of sp³-hybridized carbons (Fsp3) is 0.308. The average molecular weight is 248 g/mol. The molecule has 2 N–H and O–H groups in total. The quantitative estimate of drug-likeness (QED) is 0.874. The normalized spacial score (nSPS) is 10.4. The van der Waals surface area contributed by atoms with Gasteiger partial charge in [-0.1, -0.05) is 0 Å². The van der Waals surface area contributed by atoms with E-state index >= 15 is 0 Å². The lowest BCUT2D eigenvalue weighted by Crippen LogP contribution is -2.02. The summed E-state index contributed by atoms with van der Waals surface area (Å²) in [7, 11) is 3.22. The van der Waals surface area contributed by atoms with Gasteiger partial charge >= 0.3 is 0 Å². The minimum atomic E-state index is 0.515. The molecule has 0 saturated carbocycles. The number of methoxy groups -OCH3 is 2. The third kappa shape index (κ3) is 2.62. The molecule has 1 heterocycles. The van der Waals surface area contributed by atoms with Crippen LogP contribution in [0.15, 0.2) is 28.8 Å². The van der Waals surface area contributed by atoms with Crippen LogP contribution in [0.3, 0.4) is 0 Å². The molecule has 0 aliphatic rings. The third-order valence-electron chi connectivity index (χ3n) is 2.55. The van der Waals surface area contributed by atoms with Crippen LogP contribution in [-0.4, -0.2) is 25.7 Å². The summed E-state index contributed by atoms with van der Waals surface area (Å²) in [5.41, 5.74) is 6.32. The van der Waals surface area contributed by atoms with Gasteiger partial charge in [-0.15, -0.1) is 0 Å². The van der Waals surface area contributed by atoms with Crippen LogP contribution in [0.4, 0.5) is 0 Å². The molecular formula is C13H16N2O3. The van der Waals surface area contributed by atoms with Crippen LogP contribution < -0.4 is 15.2 Å². The molecule has 96 valence electrons. The van der Waals surface area contributed by atoms with E-state index in [2.05, 4.69) is 4.98 Å². The number of nitrogens with two attached hydrogens (primary N) is 1. The van der Waals surface area contributed by atoms with E-state index in [1.807, 2.05) is 12.1 Å². The first-order chi connectivity index (χ1) is 8.76. The van der Waals surface area contributed by atoms with E-state index in [1.165, 1.54) is 0 Å². The number of aromatic nitrogens is 1. The second-order valence-electron chi connectivity index (χ2n) is 3.76. The van der Waals surface area contributed by atoms with E-state index in [9.17, 15) is 0 Å². The lowest BCUT2D eigenvalue weighted by molar-refractivity contribution is 0.394. The Hall–Kier alpha value is -2.01. The molecule has 0 atom stereocenters. The Bertz CT molecular complexity index is 500. The largest absolute Gasteiger partial charge is 0.497 e. The number of benzene rings is 1. The van der Waals surface area contributed by atoms with E-state index < -0.39 is 0 Å². The van der Waals surface area contributed by atoms with Crippen molar-refractivity contribution in [2.45, 2.75) is 6.42 Å². The van der Waals surface area contributed by atoms with E-state index in [1.54, 1.807) is 26.5 Å². The monoisotopic (exact) mass is 248 g/mol. The molecule has 5 nitrogen and oxygen atoms in total. The Kier molecular flexibility index (Phi) is 3.84. The molecule has 1 aromatic heterocycles. The molecule has 0 aliphatic carbocycles. The van der Waals surface area contributed by atoms with E-state index in [0.29, 0.717) is 36.1 Å². The first-order valence-electron chi connectivity index (χ1n) is 5.65. The van der Waals surface area contributed by atoms with Crippen molar-refractivity contribution in [1.82, 2.24) is 4.98 Å². The van der Waals surface area contributed by atoms with Crippen molar-refractivity contribution < 1.29 is 13.9 Å². The summed E-state index contributed by atoms with van der Waals surface area (Å²) >= 11 is 0. The van der Waals surface area contributed by atoms with Crippen molar-refractivity contribution in [3.63, 3.8) is 0 Å². The van der Waals surface area contributed by atoms with E-state index in [4.69, 9.17) is 19.6 Å². The molecule has 5 heteroatoms. The fourth-order valence-electron chi connectivity index (χ4n) is 1.63. The Morgan fingerprint density at radius 3 is 2.39 bits per heavy atom. The van der Waals surface area contributed by atoms with Gasteiger partial charge in [-0.05, 0) is 12.1 Å². The van der Waals surface area contributed by atoms with Crippen LogP contribution in [0.5, 0.6) is 11.5 Å². The molecule has 0 bridgehead atoms. The predicted molar refractivity (Wildman–Crippen MR) is 67.8 cm³/mol. The Balaban J connectivity index is 2.35. The molecule has 0 saturated heterocycles. The number of hydrogen-bond acceptors (Lipinski definition) is 5. The van der Waals surface area contributed by atoms with Crippen molar-refractivity contribution in [3.05, 3.63) is 30.3 Å². The number of rotatable bonds is 5. The van der Waals surface area contributed by atoms with Gasteiger partial charge in [-0.3, -0.25) is 0 Å². The first-order valence-corrected chi connectivity index (χ1v) is 5.65. The van der Waals surface area contributed by atoms with Gasteiger partial charge < -0.3 is 19.6 Å². The minimum Gasteiger partial charge on any atom is -0.497 e. The first kappa shape index (κ1) is 12.4. The Morgan fingerprint density at radius 2 is 1.83 bits per heavy atom. The summed E-state index contributed by atoms with van der Waals surface area (Å²) in [4.78, 5) is 4.16. The summed E-state index contributed by atoms with van der Waals surface area (Å²) in [6, 6.07) is 5.55. The van der Waals surface area contributed by atoms with Crippen LogP contribution >= 0.6 is 0 Å². The molecule has 2 aromatic rings. The zero-order valence-corrected chi connectivity index (χ0v) is 10.5. The number of hydrogen-bond donors (Lipinski definition) is 1. The van der Waals surface area contributed by atoms with Gasteiger partial charge in [0.2, 0.25) is 0 Å². The van der Waals surface area contributed by atoms with Crippen molar-refractivity contribution >= 4 is 0 Å². The highest BCUT2D eigenvalue weighted by Crippen LogP contribution is 2.30. The maximum atomic E-state index is 5.61. The number of oxazole rings is 1. The summed E-state index contributed by atoms with van der Waals surface area (Å²) in [5.74, 6) is 2.73. The summed E-state index contributed by atoms with van der Waals surface area (Å²) in [6.07, 6.45) is 2.31. The van der Waals surface area contributed by atoms with E-state index in [-0.39, 0.29) is 0 Å². The molecular weight excluding hydrogens is 232 g/mol. The van der Waals surface area contributed by atoms with Crippen LogP contribution in [0.25, 0.3) is 11.3 Å². The summed E-state index contributed by atoms with van der Waals surface area (Å²) in [5, 5.41) is 0. The zero-order valence-electron chi connectivity index (χ0n) is 10.5. The highest BCUT2D eigenvalue weighted by atomic mass is 16.5. The van der Waals surface area contributed by atoms with Gasteiger partial charge in [0.1, 0.15) is 11.5 Å². The topological polar surface area (TPSA) is 70.5 Å². The zero-order chi connectivity index (χ0) is 13.0. The number of nitrogens with zero attached hydrogens (tertiary/aromatic N) is 1. The maximum absolute atomic E-state index is 5.61. The van der Waals surface area contributed by atoms with Crippen LogP contribution in [0.1, 0.15) is 5.89 Å². The molecule has 0 aliphatic heterocycles. The average Bonchev–Trinajstić information content (AvgIpc) is 2.87. The van der Waals surface area contributed by atoms with Gasteiger partial charge in [-0.25, -0.2) is 4.98 Å². The van der Waals surface area contributed by atoms with Gasteiger partial charge in [0.15, 0.2) is 11.7 Å². The van der Waals surface area contributed by atoms with Crippen LogP contribution in [0.2, 0.25) is 0 Å². The van der Waals surface area contributed by atoms with Crippen molar-refractivity contribution in [2.75, 3.05) is 20.8 Å². The third-order valence-corrected chi connectivity index (χ3v) is 2.55. The van der Waals surface area contributed by atoms with Crippen LogP contribution in [0, 0.1) is 0 Å². The molecule has 0 unspecified atom stereocenters. The molecule has 0 spiro atoms. The van der Waals surface area contributed by atoms with Crippen molar-refractivity contribution in [2.24, 2.45) is 5.73 Å². The highest BCUT2D eigenvalue weighted by Gasteiger charge is 2.09. The maximum Gasteiger partial charge on any atom is 0.196 e. The SMILES string of the molecule is COc1cc(OC)cc(-c2cnc(CCN)o2)c1. The molecule has 1 aromatic carbocycles. The standard InChI is InChI=1S/C13H16N2O3/c1-16-10-5-9(6-11(7-10)17-2)12-8-15-13(18-12)3-4-14/h5-8H,3-4,14H2,1-2H3. The molecule has 18 heavy (non-hydrogen) atoms. The van der Waals surface area contributed by atoms with Crippen molar-refractivity contribution in [1.29, 1.82) is 0 Å². The van der Waals surface area contributed by atoms with Crippen LogP contribution in [-0.2, 0) is 6.42 Å². The van der Waals surface area contributed by atoms with Gasteiger partial charge in [-0.2, -0.15) is 0 Å². The van der Waals surface area contributed by atoms with Gasteiger partial charge in [0.25, 0.3) is 0 Å². The summed E-state index contributed by atoms with van der Waals surface area (Å²) in [6.45, 7) is 0.515. The predicted octanol–water partition coefficient (Wildman–Crippen LogP) is 1.86. The number of ether oxygens (including phenoxy) is 2. The summed E-state index contributed by atoms with van der Waals surface area (Å²) < 4.78 is 16.0. The fourth-order valence-corrected chi connectivity index (χ4v) is 1.63. The lowest BCUT2D eigenvalue weighted by Gasteiger charge is -2.06. The second kappa shape index (κ2) is 5.55. The molecule has 0 amide bonds. The molecule has 2 rings (SSSR count). The smallest absolute Gasteiger partial charge is 0.196 e. The minimum absolute atomic E-state index is 0.515.